The smallest absolute Gasteiger partial charge is 0.146 e. The van der Waals surface area contributed by atoms with Crippen LogP contribution in [0.25, 0.3) is 33.4 Å². The van der Waals surface area contributed by atoms with Gasteiger partial charge in [0.25, 0.3) is 0 Å². The van der Waals surface area contributed by atoms with E-state index < -0.39 is 0 Å². The van der Waals surface area contributed by atoms with Crippen molar-refractivity contribution in [2.45, 2.75) is 6.54 Å². The number of hydrogen-bond donors (Lipinski definition) is 1. The predicted molar refractivity (Wildman–Crippen MR) is 149 cm³/mol. The number of rotatable bonds is 6. The predicted octanol–water partition coefficient (Wildman–Crippen LogP) is 8.21. The van der Waals surface area contributed by atoms with Gasteiger partial charge in [-0.1, -0.05) is 109 Å². The number of fused-ring (bicyclic) bond motifs is 1. The molecule has 0 fully saturated rings. The first-order valence-corrected chi connectivity index (χ1v) is 12.2. The normalized spacial score (nSPS) is 11.0. The van der Waals surface area contributed by atoms with Crippen molar-refractivity contribution in [2.75, 3.05) is 5.32 Å². The van der Waals surface area contributed by atoms with Gasteiger partial charge in [-0.3, -0.25) is 0 Å². The monoisotopic (exact) mass is 486 g/mol. The van der Waals surface area contributed by atoms with E-state index >= 15 is 0 Å². The Morgan fingerprint density at radius 1 is 0.694 bits per heavy atom. The standard InChI is InChI=1S/C31H23ClN4/c32-25-17-10-18-26(19-25)35-30-28-27(23-13-6-2-7-14-23)29(24-15-8-3-9-16-24)36(31(28)34-21-33-30)20-22-11-4-1-5-12-22/h1-19,21H,20H2,(H,33,34,35). The van der Waals surface area contributed by atoms with E-state index in [-0.39, 0.29) is 0 Å². The summed E-state index contributed by atoms with van der Waals surface area (Å²) in [6, 6.07) is 39.1. The van der Waals surface area contributed by atoms with E-state index in [1.165, 1.54) is 5.56 Å². The van der Waals surface area contributed by atoms with E-state index in [1.54, 1.807) is 6.33 Å². The fraction of sp³-hybridized carbons (Fsp3) is 0.0323. The lowest BCUT2D eigenvalue weighted by atomic mass is 9.98. The van der Waals surface area contributed by atoms with Crippen LogP contribution in [0.5, 0.6) is 0 Å². The maximum Gasteiger partial charge on any atom is 0.146 e. The highest BCUT2D eigenvalue weighted by Crippen LogP contribution is 2.43. The molecule has 6 aromatic rings. The topological polar surface area (TPSA) is 42.7 Å². The Bertz CT molecular complexity index is 1630. The van der Waals surface area contributed by atoms with Gasteiger partial charge in [-0.2, -0.15) is 0 Å². The van der Waals surface area contributed by atoms with Crippen LogP contribution < -0.4 is 5.32 Å². The number of aromatic nitrogens is 3. The molecule has 0 unspecified atom stereocenters. The number of halogens is 1. The zero-order chi connectivity index (χ0) is 24.3. The van der Waals surface area contributed by atoms with Crippen LogP contribution in [0.1, 0.15) is 5.56 Å². The lowest BCUT2D eigenvalue weighted by Gasteiger charge is -2.13. The first-order valence-electron chi connectivity index (χ1n) is 11.8. The third-order valence-corrected chi connectivity index (χ3v) is 6.46. The van der Waals surface area contributed by atoms with Crippen molar-refractivity contribution in [3.63, 3.8) is 0 Å². The Hall–Kier alpha value is -4.41. The molecule has 0 amide bonds. The molecule has 5 heteroatoms. The minimum Gasteiger partial charge on any atom is -0.340 e. The summed E-state index contributed by atoms with van der Waals surface area (Å²) < 4.78 is 2.30. The Labute approximate surface area is 214 Å². The number of nitrogens with zero attached hydrogens (tertiary/aromatic N) is 3. The summed E-state index contributed by atoms with van der Waals surface area (Å²) in [6.07, 6.45) is 1.63. The molecular weight excluding hydrogens is 464 g/mol. The molecule has 0 spiro atoms. The van der Waals surface area contributed by atoms with Crippen molar-refractivity contribution in [2.24, 2.45) is 0 Å². The molecule has 0 aliphatic heterocycles. The van der Waals surface area contributed by atoms with Gasteiger partial charge in [-0.25, -0.2) is 9.97 Å². The van der Waals surface area contributed by atoms with Crippen LogP contribution in [0.2, 0.25) is 5.02 Å². The lowest BCUT2D eigenvalue weighted by Crippen LogP contribution is -2.03. The minimum atomic E-state index is 0.667. The van der Waals surface area contributed by atoms with Gasteiger partial charge in [0.15, 0.2) is 0 Å². The van der Waals surface area contributed by atoms with Gasteiger partial charge in [0.05, 0.1) is 11.1 Å². The van der Waals surface area contributed by atoms with Crippen LogP contribution in [0.4, 0.5) is 11.5 Å². The zero-order valence-electron chi connectivity index (χ0n) is 19.5. The summed E-state index contributed by atoms with van der Waals surface area (Å²) in [7, 11) is 0. The Morgan fingerprint density at radius 2 is 1.36 bits per heavy atom. The van der Waals surface area contributed by atoms with E-state index in [4.69, 9.17) is 21.6 Å². The summed E-state index contributed by atoms with van der Waals surface area (Å²) in [5.41, 5.74) is 7.38. The summed E-state index contributed by atoms with van der Waals surface area (Å²) >= 11 is 6.28. The highest BCUT2D eigenvalue weighted by atomic mass is 35.5. The second-order valence-corrected chi connectivity index (χ2v) is 9.02. The second-order valence-electron chi connectivity index (χ2n) is 8.58. The van der Waals surface area contributed by atoms with Gasteiger partial charge >= 0.3 is 0 Å². The van der Waals surface area contributed by atoms with Crippen LogP contribution >= 0.6 is 11.6 Å². The van der Waals surface area contributed by atoms with Crippen LogP contribution in [0, 0.1) is 0 Å². The molecule has 2 heterocycles. The average molecular weight is 487 g/mol. The Kier molecular flexibility index (Phi) is 5.94. The molecular formula is C31H23ClN4. The molecule has 0 saturated carbocycles. The van der Waals surface area contributed by atoms with Gasteiger partial charge in [-0.05, 0) is 34.9 Å². The molecule has 0 saturated heterocycles. The Balaban J connectivity index is 1.68. The van der Waals surface area contributed by atoms with E-state index in [0.29, 0.717) is 11.6 Å². The number of anilines is 2. The lowest BCUT2D eigenvalue weighted by molar-refractivity contribution is 0.832. The van der Waals surface area contributed by atoms with E-state index in [1.807, 2.05) is 42.5 Å². The molecule has 4 nitrogen and oxygen atoms in total. The quantitative estimate of drug-likeness (QED) is 0.258. The van der Waals surface area contributed by atoms with Gasteiger partial charge in [0.2, 0.25) is 0 Å². The summed E-state index contributed by atoms with van der Waals surface area (Å²) in [4.78, 5) is 9.51. The number of benzene rings is 4. The fourth-order valence-corrected chi connectivity index (χ4v) is 4.86. The number of nitrogens with one attached hydrogen (secondary N) is 1. The van der Waals surface area contributed by atoms with Crippen molar-refractivity contribution in [1.29, 1.82) is 0 Å². The summed E-state index contributed by atoms with van der Waals surface area (Å²) in [5.74, 6) is 0.741. The molecule has 36 heavy (non-hydrogen) atoms. The van der Waals surface area contributed by atoms with Crippen molar-refractivity contribution in [1.82, 2.24) is 14.5 Å². The zero-order valence-corrected chi connectivity index (χ0v) is 20.2. The molecule has 0 bridgehead atoms. The molecule has 0 radical (unpaired) electrons. The van der Waals surface area contributed by atoms with Crippen molar-refractivity contribution >= 4 is 34.1 Å². The molecule has 174 valence electrons. The average Bonchev–Trinajstić information content (AvgIpc) is 3.25. The molecule has 0 atom stereocenters. The first kappa shape index (κ1) is 22.1. The van der Waals surface area contributed by atoms with Gasteiger partial charge in [0.1, 0.15) is 17.8 Å². The molecule has 6 rings (SSSR count). The molecule has 0 aliphatic rings. The van der Waals surface area contributed by atoms with Crippen molar-refractivity contribution in [3.05, 3.63) is 132 Å². The van der Waals surface area contributed by atoms with Gasteiger partial charge in [0, 0.05) is 22.8 Å². The molecule has 4 aromatic carbocycles. The summed E-state index contributed by atoms with van der Waals surface area (Å²) in [6.45, 7) is 0.683. The minimum absolute atomic E-state index is 0.667. The maximum atomic E-state index is 6.28. The largest absolute Gasteiger partial charge is 0.340 e. The molecule has 2 aromatic heterocycles. The first-order chi connectivity index (χ1) is 17.8. The third kappa shape index (κ3) is 4.23. The molecule has 0 aliphatic carbocycles. The van der Waals surface area contributed by atoms with Crippen LogP contribution in [-0.4, -0.2) is 14.5 Å². The van der Waals surface area contributed by atoms with E-state index in [9.17, 15) is 0 Å². The highest BCUT2D eigenvalue weighted by molar-refractivity contribution is 6.30. The second kappa shape index (κ2) is 9.68. The van der Waals surface area contributed by atoms with Crippen molar-refractivity contribution in [3.8, 4) is 22.4 Å². The van der Waals surface area contributed by atoms with Crippen molar-refractivity contribution < 1.29 is 0 Å². The number of hydrogen-bond acceptors (Lipinski definition) is 3. The fourth-order valence-electron chi connectivity index (χ4n) is 4.67. The van der Waals surface area contributed by atoms with Gasteiger partial charge in [-0.15, -0.1) is 0 Å². The van der Waals surface area contributed by atoms with Gasteiger partial charge < -0.3 is 9.88 Å². The van der Waals surface area contributed by atoms with Crippen LogP contribution in [-0.2, 0) is 6.54 Å². The maximum absolute atomic E-state index is 6.28. The third-order valence-electron chi connectivity index (χ3n) is 6.22. The van der Waals surface area contributed by atoms with E-state index in [2.05, 4.69) is 82.7 Å². The molecule has 1 N–H and O–H groups in total. The van der Waals surface area contributed by atoms with Crippen LogP contribution in [0.15, 0.2) is 122 Å². The Morgan fingerprint density at radius 3 is 2.06 bits per heavy atom. The van der Waals surface area contributed by atoms with Crippen LogP contribution in [0.3, 0.4) is 0 Å². The SMILES string of the molecule is Clc1cccc(Nc2ncnc3c2c(-c2ccccc2)c(-c2ccccc2)n3Cc2ccccc2)c1. The highest BCUT2D eigenvalue weighted by Gasteiger charge is 2.24. The summed E-state index contributed by atoms with van der Waals surface area (Å²) in [5, 5.41) is 5.14. The van der Waals surface area contributed by atoms with E-state index in [0.717, 1.165) is 44.9 Å².